The number of carbonyl (C=O) groups is 1. The van der Waals surface area contributed by atoms with E-state index in [1.807, 2.05) is 0 Å². The van der Waals surface area contributed by atoms with E-state index in [0.29, 0.717) is 12.4 Å². The summed E-state index contributed by atoms with van der Waals surface area (Å²) in [6.07, 6.45) is 6.24. The second-order valence-electron chi connectivity index (χ2n) is 5.31. The van der Waals surface area contributed by atoms with Crippen LogP contribution in [0.5, 0.6) is 0 Å². The van der Waals surface area contributed by atoms with Crippen LogP contribution in [0.25, 0.3) is 0 Å². The average Bonchev–Trinajstić information content (AvgIpc) is 2.42. The van der Waals surface area contributed by atoms with Gasteiger partial charge in [-0.15, -0.1) is 11.6 Å². The first-order valence-corrected chi connectivity index (χ1v) is 7.96. The van der Waals surface area contributed by atoms with Crippen LogP contribution in [0, 0.1) is 11.3 Å². The third kappa shape index (κ3) is 5.60. The van der Waals surface area contributed by atoms with E-state index in [9.17, 15) is 4.79 Å². The third-order valence-electron chi connectivity index (χ3n) is 4.19. The Labute approximate surface area is 118 Å². The van der Waals surface area contributed by atoms with Gasteiger partial charge in [0, 0.05) is 23.8 Å². The number of alkyl halides is 1. The summed E-state index contributed by atoms with van der Waals surface area (Å²) in [4.78, 5) is 12.1. The molecular formula is C15H30ClNO. The normalized spacial score (nSPS) is 13.4. The van der Waals surface area contributed by atoms with Gasteiger partial charge in [-0.2, -0.15) is 0 Å². The molecule has 0 aliphatic heterocycles. The molecule has 0 radical (unpaired) electrons. The Balaban J connectivity index is 4.28. The fourth-order valence-electron chi connectivity index (χ4n) is 2.13. The summed E-state index contributed by atoms with van der Waals surface area (Å²) >= 11 is 6.05. The molecule has 2 nitrogen and oxygen atoms in total. The molecule has 0 fully saturated rings. The molecule has 0 saturated carbocycles. The summed E-state index contributed by atoms with van der Waals surface area (Å²) in [5, 5.41) is 3.11. The van der Waals surface area contributed by atoms with Crippen LogP contribution in [0.4, 0.5) is 0 Å². The van der Waals surface area contributed by atoms with Crippen molar-refractivity contribution < 1.29 is 4.79 Å². The zero-order valence-corrected chi connectivity index (χ0v) is 13.3. The molecular weight excluding hydrogens is 246 g/mol. The molecule has 0 aromatic heterocycles. The SMILES string of the molecule is CCCCC(CC)C(=O)NCC(CC)(CC)CCl. The lowest BCUT2D eigenvalue weighted by molar-refractivity contribution is -0.125. The maximum Gasteiger partial charge on any atom is 0.223 e. The van der Waals surface area contributed by atoms with Gasteiger partial charge >= 0.3 is 0 Å². The first-order valence-electron chi connectivity index (χ1n) is 7.42. The monoisotopic (exact) mass is 275 g/mol. The molecule has 108 valence electrons. The number of nitrogens with one attached hydrogen (secondary N) is 1. The Bertz CT molecular complexity index is 218. The molecule has 0 saturated heterocycles. The fourth-order valence-corrected chi connectivity index (χ4v) is 2.60. The number of carbonyl (C=O) groups excluding carboxylic acids is 1. The van der Waals surface area contributed by atoms with Gasteiger partial charge in [-0.25, -0.2) is 0 Å². The minimum Gasteiger partial charge on any atom is -0.355 e. The van der Waals surface area contributed by atoms with Crippen LogP contribution in [0.2, 0.25) is 0 Å². The van der Waals surface area contributed by atoms with E-state index in [1.165, 1.54) is 0 Å². The Morgan fingerprint density at radius 2 is 1.83 bits per heavy atom. The number of hydrogen-bond acceptors (Lipinski definition) is 1. The lowest BCUT2D eigenvalue weighted by Gasteiger charge is -2.30. The first-order chi connectivity index (χ1) is 8.59. The van der Waals surface area contributed by atoms with Crippen LogP contribution in [-0.4, -0.2) is 18.3 Å². The van der Waals surface area contributed by atoms with Crippen LogP contribution < -0.4 is 5.32 Å². The Morgan fingerprint density at radius 3 is 2.22 bits per heavy atom. The summed E-state index contributed by atoms with van der Waals surface area (Å²) in [7, 11) is 0. The van der Waals surface area contributed by atoms with Crippen molar-refractivity contribution >= 4 is 17.5 Å². The highest BCUT2D eigenvalue weighted by molar-refractivity contribution is 6.18. The van der Waals surface area contributed by atoms with E-state index in [1.54, 1.807) is 0 Å². The van der Waals surface area contributed by atoms with Crippen molar-refractivity contribution in [3.8, 4) is 0 Å². The van der Waals surface area contributed by atoms with Crippen molar-refractivity contribution in [1.82, 2.24) is 5.32 Å². The van der Waals surface area contributed by atoms with Crippen molar-refractivity contribution in [2.24, 2.45) is 11.3 Å². The summed E-state index contributed by atoms with van der Waals surface area (Å²) in [6, 6.07) is 0. The highest BCUT2D eigenvalue weighted by atomic mass is 35.5. The number of unbranched alkanes of at least 4 members (excludes halogenated alkanes) is 1. The second kappa shape index (κ2) is 9.66. The Morgan fingerprint density at radius 1 is 1.22 bits per heavy atom. The van der Waals surface area contributed by atoms with E-state index in [4.69, 9.17) is 11.6 Å². The zero-order valence-electron chi connectivity index (χ0n) is 12.5. The van der Waals surface area contributed by atoms with Gasteiger partial charge in [-0.1, -0.05) is 40.5 Å². The van der Waals surface area contributed by atoms with E-state index in [-0.39, 0.29) is 17.2 Å². The Kier molecular flexibility index (Phi) is 9.53. The van der Waals surface area contributed by atoms with Crippen LogP contribution in [0.3, 0.4) is 0 Å². The van der Waals surface area contributed by atoms with E-state index in [0.717, 1.165) is 38.5 Å². The van der Waals surface area contributed by atoms with Crippen LogP contribution >= 0.6 is 11.6 Å². The second-order valence-corrected chi connectivity index (χ2v) is 5.57. The average molecular weight is 276 g/mol. The molecule has 3 heteroatoms. The number of hydrogen-bond donors (Lipinski definition) is 1. The molecule has 1 amide bonds. The van der Waals surface area contributed by atoms with Gasteiger partial charge in [-0.3, -0.25) is 4.79 Å². The van der Waals surface area contributed by atoms with Crippen LogP contribution in [-0.2, 0) is 4.79 Å². The zero-order chi connectivity index (χ0) is 14.0. The molecule has 18 heavy (non-hydrogen) atoms. The topological polar surface area (TPSA) is 29.1 Å². The van der Waals surface area contributed by atoms with Gasteiger partial charge in [0.15, 0.2) is 0 Å². The molecule has 0 spiro atoms. The van der Waals surface area contributed by atoms with Crippen LogP contribution in [0.1, 0.15) is 66.2 Å². The number of halogens is 1. The molecule has 0 aromatic rings. The molecule has 0 heterocycles. The van der Waals surface area contributed by atoms with Crippen molar-refractivity contribution in [1.29, 1.82) is 0 Å². The summed E-state index contributed by atoms with van der Waals surface area (Å²) in [6.45, 7) is 9.26. The largest absolute Gasteiger partial charge is 0.355 e. The predicted octanol–water partition coefficient (Wildman–Crippen LogP) is 4.36. The van der Waals surface area contributed by atoms with E-state index < -0.39 is 0 Å². The highest BCUT2D eigenvalue weighted by Gasteiger charge is 2.26. The maximum absolute atomic E-state index is 12.1. The third-order valence-corrected chi connectivity index (χ3v) is 4.76. The lowest BCUT2D eigenvalue weighted by Crippen LogP contribution is -2.40. The van der Waals surface area contributed by atoms with Gasteiger partial charge in [0.05, 0.1) is 0 Å². The molecule has 0 aliphatic rings. The van der Waals surface area contributed by atoms with E-state index in [2.05, 4.69) is 33.0 Å². The molecule has 0 rings (SSSR count). The molecule has 0 bridgehead atoms. The van der Waals surface area contributed by atoms with Crippen molar-refractivity contribution in [2.75, 3.05) is 12.4 Å². The van der Waals surface area contributed by atoms with Gasteiger partial charge in [-0.05, 0) is 25.7 Å². The van der Waals surface area contributed by atoms with Crippen molar-refractivity contribution in [2.45, 2.75) is 66.2 Å². The number of amides is 1. The summed E-state index contributed by atoms with van der Waals surface area (Å²) in [5.41, 5.74) is 0.0697. The molecule has 0 aliphatic carbocycles. The lowest BCUT2D eigenvalue weighted by atomic mass is 9.84. The van der Waals surface area contributed by atoms with Gasteiger partial charge in [0.1, 0.15) is 0 Å². The first kappa shape index (κ1) is 17.8. The maximum atomic E-state index is 12.1. The van der Waals surface area contributed by atoms with Crippen LogP contribution in [0.15, 0.2) is 0 Å². The Hall–Kier alpha value is -0.240. The fraction of sp³-hybridized carbons (Fsp3) is 0.933. The highest BCUT2D eigenvalue weighted by Crippen LogP contribution is 2.27. The molecule has 0 aromatic carbocycles. The van der Waals surface area contributed by atoms with Gasteiger partial charge in [0.25, 0.3) is 0 Å². The van der Waals surface area contributed by atoms with Crippen molar-refractivity contribution in [3.05, 3.63) is 0 Å². The molecule has 1 unspecified atom stereocenters. The smallest absolute Gasteiger partial charge is 0.223 e. The summed E-state index contributed by atoms with van der Waals surface area (Å²) in [5.74, 6) is 1.00. The molecule has 1 atom stereocenters. The minimum absolute atomic E-state index is 0.0697. The predicted molar refractivity (Wildman–Crippen MR) is 80.1 cm³/mol. The standard InChI is InChI=1S/C15H30ClNO/c1-5-9-10-13(6-2)14(18)17-12-15(7-3,8-4)11-16/h13H,5-12H2,1-4H3,(H,17,18). The van der Waals surface area contributed by atoms with E-state index >= 15 is 0 Å². The van der Waals surface area contributed by atoms with Gasteiger partial charge < -0.3 is 5.32 Å². The van der Waals surface area contributed by atoms with Gasteiger partial charge in [0.2, 0.25) is 5.91 Å². The molecule has 1 N–H and O–H groups in total. The van der Waals surface area contributed by atoms with Crippen molar-refractivity contribution in [3.63, 3.8) is 0 Å². The summed E-state index contributed by atoms with van der Waals surface area (Å²) < 4.78 is 0. The minimum atomic E-state index is 0.0697. The quantitative estimate of drug-likeness (QED) is 0.590. The number of rotatable bonds is 10.